The van der Waals surface area contributed by atoms with E-state index < -0.39 is 6.10 Å². The summed E-state index contributed by atoms with van der Waals surface area (Å²) in [5.41, 5.74) is 0. The van der Waals surface area contributed by atoms with Crippen LogP contribution >= 0.6 is 0 Å². The minimum Gasteiger partial charge on any atom is -0.393 e. The predicted molar refractivity (Wildman–Crippen MR) is 68.6 cm³/mol. The van der Waals surface area contributed by atoms with E-state index in [2.05, 4.69) is 0 Å². The minimum absolute atomic E-state index is 0.0568. The molecule has 1 amide bonds. The lowest BCUT2D eigenvalue weighted by atomic mass is 9.94. The topological polar surface area (TPSA) is 59.0 Å². The summed E-state index contributed by atoms with van der Waals surface area (Å²) in [7, 11) is 0. The predicted octanol–water partition coefficient (Wildman–Crippen LogP) is 0.554. The zero-order chi connectivity index (χ0) is 13.2. The van der Waals surface area contributed by atoms with Crippen molar-refractivity contribution < 1.29 is 19.4 Å². The Morgan fingerprint density at radius 3 is 2.74 bits per heavy atom. The number of rotatable bonds is 2. The molecule has 0 aromatic carbocycles. The second-order valence-corrected chi connectivity index (χ2v) is 5.84. The SMILES string of the molecule is O=C(C1COCCO1)N1CCCC1C1CCCC1O. The summed E-state index contributed by atoms with van der Waals surface area (Å²) >= 11 is 0. The molecule has 2 saturated heterocycles. The van der Waals surface area contributed by atoms with E-state index in [1.54, 1.807) is 0 Å². The Balaban J connectivity index is 1.66. The van der Waals surface area contributed by atoms with Crippen LogP contribution in [0.3, 0.4) is 0 Å². The molecule has 1 saturated carbocycles. The van der Waals surface area contributed by atoms with Gasteiger partial charge in [0.15, 0.2) is 6.10 Å². The van der Waals surface area contributed by atoms with Crippen LogP contribution in [-0.2, 0) is 14.3 Å². The molecule has 3 fully saturated rings. The molecule has 1 aliphatic carbocycles. The Morgan fingerprint density at radius 1 is 1.16 bits per heavy atom. The van der Waals surface area contributed by atoms with Crippen molar-refractivity contribution in [1.29, 1.82) is 0 Å². The van der Waals surface area contributed by atoms with E-state index in [4.69, 9.17) is 9.47 Å². The van der Waals surface area contributed by atoms with Gasteiger partial charge in [0, 0.05) is 18.5 Å². The number of hydrogen-bond donors (Lipinski definition) is 1. The molecule has 3 rings (SSSR count). The van der Waals surface area contributed by atoms with E-state index in [9.17, 15) is 9.90 Å². The summed E-state index contributed by atoms with van der Waals surface area (Å²) in [6.07, 6.45) is 4.38. The van der Waals surface area contributed by atoms with Gasteiger partial charge in [-0.1, -0.05) is 6.42 Å². The van der Waals surface area contributed by atoms with Gasteiger partial charge in [-0.25, -0.2) is 0 Å². The summed E-state index contributed by atoms with van der Waals surface area (Å²) in [4.78, 5) is 14.5. The first-order valence-corrected chi connectivity index (χ1v) is 7.45. The molecule has 4 atom stereocenters. The van der Waals surface area contributed by atoms with Gasteiger partial charge in [0.05, 0.1) is 25.9 Å². The largest absolute Gasteiger partial charge is 0.393 e. The highest BCUT2D eigenvalue weighted by molar-refractivity contribution is 5.81. The summed E-state index contributed by atoms with van der Waals surface area (Å²) in [6, 6.07) is 0.204. The molecule has 0 bridgehead atoms. The van der Waals surface area contributed by atoms with Crippen LogP contribution in [-0.4, -0.2) is 60.5 Å². The van der Waals surface area contributed by atoms with Gasteiger partial charge in [0.1, 0.15) is 0 Å². The number of amides is 1. The Labute approximate surface area is 113 Å². The van der Waals surface area contributed by atoms with Crippen LogP contribution in [0.25, 0.3) is 0 Å². The smallest absolute Gasteiger partial charge is 0.254 e. The van der Waals surface area contributed by atoms with E-state index in [0.29, 0.717) is 19.8 Å². The molecule has 4 unspecified atom stereocenters. The highest BCUT2D eigenvalue weighted by atomic mass is 16.6. The molecular weight excluding hydrogens is 246 g/mol. The van der Waals surface area contributed by atoms with Crippen LogP contribution in [0.5, 0.6) is 0 Å². The third-order valence-electron chi connectivity index (χ3n) is 4.70. The molecule has 0 radical (unpaired) electrons. The van der Waals surface area contributed by atoms with Gasteiger partial charge >= 0.3 is 0 Å². The minimum atomic E-state index is -0.437. The van der Waals surface area contributed by atoms with Crippen LogP contribution in [0.15, 0.2) is 0 Å². The molecule has 108 valence electrons. The van der Waals surface area contributed by atoms with E-state index in [0.717, 1.165) is 38.6 Å². The Kier molecular flexibility index (Phi) is 4.05. The monoisotopic (exact) mass is 269 g/mol. The van der Waals surface area contributed by atoms with Gasteiger partial charge < -0.3 is 19.5 Å². The number of carbonyl (C=O) groups is 1. The van der Waals surface area contributed by atoms with Crippen molar-refractivity contribution in [2.24, 2.45) is 5.92 Å². The zero-order valence-electron chi connectivity index (χ0n) is 11.3. The normalized spacial score (nSPS) is 39.7. The van der Waals surface area contributed by atoms with Crippen molar-refractivity contribution in [2.45, 2.75) is 50.4 Å². The zero-order valence-corrected chi connectivity index (χ0v) is 11.3. The van der Waals surface area contributed by atoms with Crippen LogP contribution in [0.1, 0.15) is 32.1 Å². The molecule has 5 nitrogen and oxygen atoms in total. The van der Waals surface area contributed by atoms with Crippen molar-refractivity contribution >= 4 is 5.91 Å². The fourth-order valence-electron chi connectivity index (χ4n) is 3.74. The molecule has 5 heteroatoms. The molecule has 2 aliphatic heterocycles. The second kappa shape index (κ2) is 5.77. The quantitative estimate of drug-likeness (QED) is 0.795. The van der Waals surface area contributed by atoms with Gasteiger partial charge in [-0.05, 0) is 25.7 Å². The number of aliphatic hydroxyl groups excluding tert-OH is 1. The third kappa shape index (κ3) is 2.64. The second-order valence-electron chi connectivity index (χ2n) is 5.84. The maximum absolute atomic E-state index is 12.5. The average molecular weight is 269 g/mol. The van der Waals surface area contributed by atoms with Gasteiger partial charge in [0.2, 0.25) is 0 Å². The molecular formula is C14H23NO4. The highest BCUT2D eigenvalue weighted by Crippen LogP contribution is 2.36. The first-order valence-electron chi connectivity index (χ1n) is 7.45. The average Bonchev–Trinajstić information content (AvgIpc) is 3.07. The van der Waals surface area contributed by atoms with Crippen molar-refractivity contribution in [3.8, 4) is 0 Å². The highest BCUT2D eigenvalue weighted by Gasteiger charge is 2.42. The first-order chi connectivity index (χ1) is 9.27. The Bertz CT molecular complexity index is 329. The Hall–Kier alpha value is -0.650. The van der Waals surface area contributed by atoms with Crippen molar-refractivity contribution in [3.05, 3.63) is 0 Å². The van der Waals surface area contributed by atoms with Crippen LogP contribution in [0, 0.1) is 5.92 Å². The number of aliphatic hydroxyl groups is 1. The van der Waals surface area contributed by atoms with Crippen LogP contribution < -0.4 is 0 Å². The number of carbonyl (C=O) groups excluding carboxylic acids is 1. The summed E-state index contributed by atoms with van der Waals surface area (Å²) in [5.74, 6) is 0.317. The molecule has 2 heterocycles. The number of ether oxygens (including phenoxy) is 2. The standard InChI is InChI=1S/C14H23NO4/c16-12-5-1-3-10(12)11-4-2-6-15(11)14(17)13-9-18-7-8-19-13/h10-13,16H,1-9H2. The van der Waals surface area contributed by atoms with Gasteiger partial charge in [-0.15, -0.1) is 0 Å². The van der Waals surface area contributed by atoms with E-state index >= 15 is 0 Å². The van der Waals surface area contributed by atoms with E-state index in [1.807, 2.05) is 4.90 Å². The van der Waals surface area contributed by atoms with E-state index in [-0.39, 0.29) is 24.0 Å². The maximum atomic E-state index is 12.5. The number of hydrogen-bond acceptors (Lipinski definition) is 4. The van der Waals surface area contributed by atoms with Gasteiger partial charge in [0.25, 0.3) is 5.91 Å². The third-order valence-corrected chi connectivity index (χ3v) is 4.70. The van der Waals surface area contributed by atoms with Crippen LogP contribution in [0.2, 0.25) is 0 Å². The van der Waals surface area contributed by atoms with Crippen molar-refractivity contribution in [2.75, 3.05) is 26.4 Å². The maximum Gasteiger partial charge on any atom is 0.254 e. The fourth-order valence-corrected chi connectivity index (χ4v) is 3.74. The Morgan fingerprint density at radius 2 is 2.05 bits per heavy atom. The molecule has 0 spiro atoms. The molecule has 0 aromatic heterocycles. The van der Waals surface area contributed by atoms with Crippen molar-refractivity contribution in [3.63, 3.8) is 0 Å². The van der Waals surface area contributed by atoms with Gasteiger partial charge in [-0.2, -0.15) is 0 Å². The van der Waals surface area contributed by atoms with E-state index in [1.165, 1.54) is 0 Å². The van der Waals surface area contributed by atoms with Crippen molar-refractivity contribution in [1.82, 2.24) is 4.90 Å². The first kappa shape index (κ1) is 13.3. The molecule has 19 heavy (non-hydrogen) atoms. The lowest BCUT2D eigenvalue weighted by Crippen LogP contribution is -2.50. The molecule has 3 aliphatic rings. The summed E-state index contributed by atoms with van der Waals surface area (Å²) in [5, 5.41) is 10.1. The number of nitrogens with zero attached hydrogens (tertiary/aromatic N) is 1. The number of likely N-dealkylation sites (tertiary alicyclic amines) is 1. The molecule has 1 N–H and O–H groups in total. The summed E-state index contributed by atoms with van der Waals surface area (Å²) < 4.78 is 10.8. The van der Waals surface area contributed by atoms with Gasteiger partial charge in [-0.3, -0.25) is 4.79 Å². The lowest BCUT2D eigenvalue weighted by molar-refractivity contribution is -0.160. The lowest BCUT2D eigenvalue weighted by Gasteiger charge is -2.34. The fraction of sp³-hybridized carbons (Fsp3) is 0.929. The van der Waals surface area contributed by atoms with Crippen LogP contribution in [0.4, 0.5) is 0 Å². The summed E-state index contributed by atoms with van der Waals surface area (Å²) in [6.45, 7) is 2.25. The molecule has 0 aromatic rings.